The van der Waals surface area contributed by atoms with Gasteiger partial charge in [-0.15, -0.1) is 0 Å². The van der Waals surface area contributed by atoms with Gasteiger partial charge in [0.25, 0.3) is 0 Å². The summed E-state index contributed by atoms with van der Waals surface area (Å²) >= 11 is 0. The van der Waals surface area contributed by atoms with E-state index in [2.05, 4.69) is 35.2 Å². The van der Waals surface area contributed by atoms with Crippen LogP contribution in [0.5, 0.6) is 0 Å². The van der Waals surface area contributed by atoms with Gasteiger partial charge in [-0.1, -0.05) is 13.0 Å². The molecule has 0 saturated heterocycles. The molecule has 1 unspecified atom stereocenters. The van der Waals surface area contributed by atoms with Gasteiger partial charge >= 0.3 is 0 Å². The second-order valence-corrected chi connectivity index (χ2v) is 4.23. The molecule has 0 aliphatic rings. The summed E-state index contributed by atoms with van der Waals surface area (Å²) in [6.45, 7) is 5.64. The number of likely N-dealkylation sites (N-methyl/N-ethyl adjacent to an activating group) is 2. The predicted molar refractivity (Wildman–Crippen MR) is 69.9 cm³/mol. The van der Waals surface area contributed by atoms with Crippen molar-refractivity contribution in [3.63, 3.8) is 0 Å². The Bertz CT molecular complexity index is 286. The molecule has 1 rings (SSSR count). The van der Waals surface area contributed by atoms with E-state index in [0.717, 1.165) is 31.9 Å². The summed E-state index contributed by atoms with van der Waals surface area (Å²) in [4.78, 5) is 6.58. The third-order valence-corrected chi connectivity index (χ3v) is 2.55. The molecule has 0 amide bonds. The monoisotopic (exact) mass is 237 g/mol. The average Bonchev–Trinajstić information content (AvgIpc) is 2.30. The molecule has 1 atom stereocenters. The first-order valence-electron chi connectivity index (χ1n) is 6.07. The molecule has 0 bridgehead atoms. The topological polar surface area (TPSA) is 37.4 Å². The first-order valence-corrected chi connectivity index (χ1v) is 6.07. The largest absolute Gasteiger partial charge is 0.383 e. The highest BCUT2D eigenvalue weighted by Crippen LogP contribution is 2.00. The van der Waals surface area contributed by atoms with E-state index in [1.807, 2.05) is 18.3 Å². The molecule has 17 heavy (non-hydrogen) atoms. The summed E-state index contributed by atoms with van der Waals surface area (Å²) in [5.74, 6) is 0. The lowest BCUT2D eigenvalue weighted by Crippen LogP contribution is -2.42. The van der Waals surface area contributed by atoms with E-state index in [-0.39, 0.29) is 0 Å². The smallest absolute Gasteiger partial charge is 0.0628 e. The SMILES string of the molecule is CCNC(COC)CN(C)Cc1ccccn1. The van der Waals surface area contributed by atoms with Crippen molar-refractivity contribution in [3.8, 4) is 0 Å². The number of nitrogens with one attached hydrogen (secondary N) is 1. The molecular formula is C13H23N3O. The Kier molecular flexibility index (Phi) is 6.77. The minimum atomic E-state index is 0.374. The molecular weight excluding hydrogens is 214 g/mol. The Morgan fingerprint density at radius 1 is 1.47 bits per heavy atom. The summed E-state index contributed by atoms with van der Waals surface area (Å²) in [6, 6.07) is 6.39. The van der Waals surface area contributed by atoms with Gasteiger partial charge in [-0.25, -0.2) is 0 Å². The van der Waals surface area contributed by atoms with Crippen molar-refractivity contribution >= 4 is 0 Å². The quantitative estimate of drug-likeness (QED) is 0.735. The molecule has 0 aliphatic carbocycles. The highest BCUT2D eigenvalue weighted by Gasteiger charge is 2.10. The van der Waals surface area contributed by atoms with Gasteiger partial charge in [0.15, 0.2) is 0 Å². The van der Waals surface area contributed by atoms with Crippen molar-refractivity contribution in [3.05, 3.63) is 30.1 Å². The molecule has 96 valence electrons. The average molecular weight is 237 g/mol. The van der Waals surface area contributed by atoms with Crippen LogP contribution in [0.4, 0.5) is 0 Å². The second-order valence-electron chi connectivity index (χ2n) is 4.23. The van der Waals surface area contributed by atoms with E-state index in [9.17, 15) is 0 Å². The molecule has 1 heterocycles. The zero-order valence-electron chi connectivity index (χ0n) is 11.0. The Morgan fingerprint density at radius 3 is 2.88 bits per heavy atom. The van der Waals surface area contributed by atoms with Crippen molar-refractivity contribution < 1.29 is 4.74 Å². The van der Waals surface area contributed by atoms with E-state index < -0.39 is 0 Å². The Morgan fingerprint density at radius 2 is 2.29 bits per heavy atom. The summed E-state index contributed by atoms with van der Waals surface area (Å²) in [5, 5.41) is 3.41. The van der Waals surface area contributed by atoms with Gasteiger partial charge in [0.1, 0.15) is 0 Å². The summed E-state index contributed by atoms with van der Waals surface area (Å²) in [5.41, 5.74) is 1.10. The number of hydrogen-bond acceptors (Lipinski definition) is 4. The van der Waals surface area contributed by atoms with Crippen LogP contribution in [0.1, 0.15) is 12.6 Å². The van der Waals surface area contributed by atoms with Gasteiger partial charge < -0.3 is 10.1 Å². The van der Waals surface area contributed by atoms with Crippen LogP contribution in [0, 0.1) is 0 Å². The third kappa shape index (κ3) is 5.77. The minimum absolute atomic E-state index is 0.374. The van der Waals surface area contributed by atoms with Crippen LogP contribution in [0.25, 0.3) is 0 Å². The van der Waals surface area contributed by atoms with E-state index >= 15 is 0 Å². The van der Waals surface area contributed by atoms with Crippen LogP contribution in [-0.4, -0.2) is 49.8 Å². The number of nitrogens with zero attached hydrogens (tertiary/aromatic N) is 2. The van der Waals surface area contributed by atoms with Crippen LogP contribution in [0.3, 0.4) is 0 Å². The van der Waals surface area contributed by atoms with E-state index in [1.54, 1.807) is 7.11 Å². The van der Waals surface area contributed by atoms with Gasteiger partial charge in [-0.3, -0.25) is 9.88 Å². The van der Waals surface area contributed by atoms with Gasteiger partial charge in [-0.05, 0) is 25.7 Å². The van der Waals surface area contributed by atoms with Crippen LogP contribution in [0.2, 0.25) is 0 Å². The van der Waals surface area contributed by atoms with Crippen molar-refractivity contribution in [2.24, 2.45) is 0 Å². The van der Waals surface area contributed by atoms with Crippen LogP contribution >= 0.6 is 0 Å². The van der Waals surface area contributed by atoms with Gasteiger partial charge in [0.2, 0.25) is 0 Å². The lowest BCUT2D eigenvalue weighted by Gasteiger charge is -2.23. The van der Waals surface area contributed by atoms with Crippen molar-refractivity contribution in [2.45, 2.75) is 19.5 Å². The zero-order chi connectivity index (χ0) is 12.5. The molecule has 4 nitrogen and oxygen atoms in total. The van der Waals surface area contributed by atoms with Crippen LogP contribution < -0.4 is 5.32 Å². The molecule has 1 N–H and O–H groups in total. The Hall–Kier alpha value is -0.970. The van der Waals surface area contributed by atoms with Gasteiger partial charge in [0, 0.05) is 32.4 Å². The van der Waals surface area contributed by atoms with Gasteiger partial charge in [-0.2, -0.15) is 0 Å². The number of hydrogen-bond donors (Lipinski definition) is 1. The fourth-order valence-electron chi connectivity index (χ4n) is 1.88. The summed E-state index contributed by atoms with van der Waals surface area (Å²) < 4.78 is 5.20. The number of ether oxygens (including phenoxy) is 1. The van der Waals surface area contributed by atoms with Gasteiger partial charge in [0.05, 0.1) is 12.3 Å². The number of rotatable bonds is 8. The molecule has 0 spiro atoms. The second kappa shape index (κ2) is 8.17. The van der Waals surface area contributed by atoms with Crippen LogP contribution in [-0.2, 0) is 11.3 Å². The molecule has 0 radical (unpaired) electrons. The number of aromatic nitrogens is 1. The Balaban J connectivity index is 2.38. The maximum Gasteiger partial charge on any atom is 0.0628 e. The Labute approximate surface area is 104 Å². The highest BCUT2D eigenvalue weighted by molar-refractivity contribution is 5.03. The summed E-state index contributed by atoms with van der Waals surface area (Å²) in [7, 11) is 3.85. The highest BCUT2D eigenvalue weighted by atomic mass is 16.5. The van der Waals surface area contributed by atoms with Crippen LogP contribution in [0.15, 0.2) is 24.4 Å². The van der Waals surface area contributed by atoms with E-state index in [1.165, 1.54) is 0 Å². The number of pyridine rings is 1. The first-order chi connectivity index (χ1) is 8.26. The molecule has 4 heteroatoms. The number of methoxy groups -OCH3 is 1. The molecule has 1 aromatic heterocycles. The van der Waals surface area contributed by atoms with Crippen molar-refractivity contribution in [2.75, 3.05) is 33.9 Å². The lowest BCUT2D eigenvalue weighted by molar-refractivity contribution is 0.144. The van der Waals surface area contributed by atoms with Crippen molar-refractivity contribution in [1.82, 2.24) is 15.2 Å². The standard InChI is InChI=1S/C13H23N3O/c1-4-14-13(11-17-3)10-16(2)9-12-7-5-6-8-15-12/h5-8,13-14H,4,9-11H2,1-3H3. The first kappa shape index (κ1) is 14.1. The maximum atomic E-state index is 5.20. The normalized spacial score (nSPS) is 12.9. The summed E-state index contributed by atoms with van der Waals surface area (Å²) in [6.07, 6.45) is 1.83. The van der Waals surface area contributed by atoms with E-state index in [0.29, 0.717) is 6.04 Å². The van der Waals surface area contributed by atoms with E-state index in [4.69, 9.17) is 4.74 Å². The molecule has 0 saturated carbocycles. The molecule has 0 aliphatic heterocycles. The molecule has 1 aromatic rings. The molecule has 0 aromatic carbocycles. The fourth-order valence-corrected chi connectivity index (χ4v) is 1.88. The maximum absolute atomic E-state index is 5.20. The lowest BCUT2D eigenvalue weighted by atomic mass is 10.2. The minimum Gasteiger partial charge on any atom is -0.383 e. The van der Waals surface area contributed by atoms with Crippen molar-refractivity contribution in [1.29, 1.82) is 0 Å². The zero-order valence-corrected chi connectivity index (χ0v) is 11.0. The third-order valence-electron chi connectivity index (χ3n) is 2.55. The predicted octanol–water partition coefficient (Wildman–Crippen LogP) is 1.14. The molecule has 0 fully saturated rings. The fraction of sp³-hybridized carbons (Fsp3) is 0.615.